The quantitative estimate of drug-likeness (QED) is 0.514. The minimum atomic E-state index is -0.533. The normalized spacial score (nSPS) is 15.4. The SMILES string of the molecule is O=C(NCCC(=O)N1CCCN1C(=O)CC1Cc2ccccc2C1)c1ccc([N+](=O)[O-])cc1. The van der Waals surface area contributed by atoms with Crippen LogP contribution in [0.5, 0.6) is 0 Å². The second-order valence-corrected chi connectivity index (χ2v) is 8.44. The highest BCUT2D eigenvalue weighted by atomic mass is 16.6. The highest BCUT2D eigenvalue weighted by Crippen LogP contribution is 2.29. The van der Waals surface area contributed by atoms with Gasteiger partial charge in [-0.1, -0.05) is 24.3 Å². The third-order valence-electron chi connectivity index (χ3n) is 6.17. The number of hydrogen-bond acceptors (Lipinski definition) is 5. The van der Waals surface area contributed by atoms with Crippen LogP contribution in [-0.2, 0) is 22.4 Å². The molecule has 2 aliphatic rings. The van der Waals surface area contributed by atoms with Crippen molar-refractivity contribution >= 4 is 23.4 Å². The average molecular weight is 450 g/mol. The number of benzene rings is 2. The largest absolute Gasteiger partial charge is 0.352 e. The Labute approximate surface area is 191 Å². The Morgan fingerprint density at radius 2 is 1.55 bits per heavy atom. The van der Waals surface area contributed by atoms with Gasteiger partial charge in [0.15, 0.2) is 0 Å². The van der Waals surface area contributed by atoms with E-state index in [4.69, 9.17) is 0 Å². The number of non-ortho nitro benzene ring substituents is 1. The Morgan fingerprint density at radius 1 is 0.939 bits per heavy atom. The van der Waals surface area contributed by atoms with Gasteiger partial charge in [0.25, 0.3) is 11.6 Å². The summed E-state index contributed by atoms with van der Waals surface area (Å²) in [5.74, 6) is -0.394. The Morgan fingerprint density at radius 3 is 2.15 bits per heavy atom. The van der Waals surface area contributed by atoms with Gasteiger partial charge in [0.2, 0.25) is 11.8 Å². The number of nitro benzene ring substituents is 1. The first-order valence-corrected chi connectivity index (χ1v) is 11.1. The minimum Gasteiger partial charge on any atom is -0.352 e. The predicted octanol–water partition coefficient (Wildman–Crippen LogP) is 2.50. The molecule has 0 atom stereocenters. The van der Waals surface area contributed by atoms with E-state index in [1.54, 1.807) is 5.01 Å². The molecule has 1 heterocycles. The topological polar surface area (TPSA) is 113 Å². The second kappa shape index (κ2) is 9.81. The van der Waals surface area contributed by atoms with E-state index in [1.807, 2.05) is 12.1 Å². The van der Waals surface area contributed by atoms with Crippen LogP contribution in [0.3, 0.4) is 0 Å². The van der Waals surface area contributed by atoms with Crippen LogP contribution in [0, 0.1) is 16.0 Å². The first-order chi connectivity index (χ1) is 15.9. The Kier molecular flexibility index (Phi) is 6.67. The second-order valence-electron chi connectivity index (χ2n) is 8.44. The Hall–Kier alpha value is -3.75. The third kappa shape index (κ3) is 5.19. The van der Waals surface area contributed by atoms with Crippen molar-refractivity contribution in [1.82, 2.24) is 15.3 Å². The van der Waals surface area contributed by atoms with Crippen molar-refractivity contribution in [3.8, 4) is 0 Å². The Balaban J connectivity index is 1.25. The van der Waals surface area contributed by atoms with Crippen LogP contribution in [0.1, 0.15) is 40.7 Å². The van der Waals surface area contributed by atoms with Crippen LogP contribution in [0.15, 0.2) is 48.5 Å². The standard InChI is InChI=1S/C24H26N4O5/c29-22(10-11-25-24(31)18-6-8-21(9-7-18)28(32)33)26-12-3-13-27(26)23(30)16-17-14-19-4-1-2-5-20(19)15-17/h1-2,4-9,17H,3,10-16H2,(H,25,31). The molecule has 2 aromatic carbocycles. The van der Waals surface area contributed by atoms with Gasteiger partial charge >= 0.3 is 0 Å². The van der Waals surface area contributed by atoms with Gasteiger partial charge in [0.1, 0.15) is 0 Å². The Bertz CT molecular complexity index is 1040. The van der Waals surface area contributed by atoms with Crippen molar-refractivity contribution < 1.29 is 19.3 Å². The van der Waals surface area contributed by atoms with E-state index in [1.165, 1.54) is 40.4 Å². The summed E-state index contributed by atoms with van der Waals surface area (Å²) in [7, 11) is 0. The molecular formula is C24H26N4O5. The average Bonchev–Trinajstić information content (AvgIpc) is 3.45. The molecule has 33 heavy (non-hydrogen) atoms. The van der Waals surface area contributed by atoms with E-state index in [-0.39, 0.29) is 41.9 Å². The fourth-order valence-electron chi connectivity index (χ4n) is 4.53. The van der Waals surface area contributed by atoms with Crippen molar-refractivity contribution in [2.45, 2.75) is 32.1 Å². The lowest BCUT2D eigenvalue weighted by Gasteiger charge is -2.29. The van der Waals surface area contributed by atoms with E-state index in [2.05, 4.69) is 17.4 Å². The van der Waals surface area contributed by atoms with Gasteiger partial charge in [-0.25, -0.2) is 0 Å². The van der Waals surface area contributed by atoms with Crippen molar-refractivity contribution in [3.63, 3.8) is 0 Å². The highest BCUT2D eigenvalue weighted by Gasteiger charge is 2.32. The van der Waals surface area contributed by atoms with E-state index >= 15 is 0 Å². The molecule has 0 saturated carbocycles. The summed E-state index contributed by atoms with van der Waals surface area (Å²) in [6.45, 7) is 1.14. The molecule has 9 nitrogen and oxygen atoms in total. The maximum Gasteiger partial charge on any atom is 0.269 e. The van der Waals surface area contributed by atoms with Gasteiger partial charge in [-0.3, -0.25) is 34.5 Å². The molecule has 0 radical (unpaired) electrons. The summed E-state index contributed by atoms with van der Waals surface area (Å²) in [5.41, 5.74) is 2.78. The monoisotopic (exact) mass is 450 g/mol. The molecule has 1 fully saturated rings. The maximum absolute atomic E-state index is 12.9. The molecule has 1 aliphatic heterocycles. The fourth-order valence-corrected chi connectivity index (χ4v) is 4.53. The number of amides is 3. The molecule has 1 N–H and O–H groups in total. The lowest BCUT2D eigenvalue weighted by atomic mass is 10.0. The fraction of sp³-hybridized carbons (Fsp3) is 0.375. The summed E-state index contributed by atoms with van der Waals surface area (Å²) in [6, 6.07) is 13.5. The number of nitrogens with zero attached hydrogens (tertiary/aromatic N) is 3. The van der Waals surface area contributed by atoms with Crippen molar-refractivity contribution in [2.75, 3.05) is 19.6 Å². The summed E-state index contributed by atoms with van der Waals surface area (Å²) in [4.78, 5) is 48.0. The van der Waals surface area contributed by atoms with Crippen LogP contribution in [0.25, 0.3) is 0 Å². The lowest BCUT2D eigenvalue weighted by Crippen LogP contribution is -2.46. The molecule has 0 spiro atoms. The molecule has 0 unspecified atom stereocenters. The molecule has 172 valence electrons. The predicted molar refractivity (Wildman–Crippen MR) is 120 cm³/mol. The summed E-state index contributed by atoms with van der Waals surface area (Å²) in [5, 5.41) is 16.4. The van der Waals surface area contributed by atoms with Gasteiger partial charge < -0.3 is 5.32 Å². The molecule has 2 aromatic rings. The van der Waals surface area contributed by atoms with Crippen LogP contribution in [0.4, 0.5) is 5.69 Å². The number of carbonyl (C=O) groups excluding carboxylic acids is 3. The van der Waals surface area contributed by atoms with Crippen LogP contribution in [0.2, 0.25) is 0 Å². The molecule has 3 amide bonds. The smallest absolute Gasteiger partial charge is 0.269 e. The van der Waals surface area contributed by atoms with Crippen LogP contribution >= 0.6 is 0 Å². The number of carbonyl (C=O) groups is 3. The summed E-state index contributed by atoms with van der Waals surface area (Å²) < 4.78 is 0. The van der Waals surface area contributed by atoms with Crippen LogP contribution < -0.4 is 5.32 Å². The van der Waals surface area contributed by atoms with E-state index in [0.717, 1.165) is 19.3 Å². The van der Waals surface area contributed by atoms with E-state index in [9.17, 15) is 24.5 Å². The molecule has 9 heteroatoms. The van der Waals surface area contributed by atoms with E-state index < -0.39 is 10.8 Å². The number of hydrazine groups is 1. The van der Waals surface area contributed by atoms with Crippen molar-refractivity contribution in [3.05, 3.63) is 75.3 Å². The molecule has 4 rings (SSSR count). The van der Waals surface area contributed by atoms with Gasteiger partial charge in [-0.2, -0.15) is 0 Å². The number of rotatable bonds is 7. The van der Waals surface area contributed by atoms with Gasteiger partial charge in [0.05, 0.1) is 4.92 Å². The summed E-state index contributed by atoms with van der Waals surface area (Å²) in [6.07, 6.45) is 2.99. The molecule has 0 bridgehead atoms. The number of fused-ring (bicyclic) bond motifs is 1. The van der Waals surface area contributed by atoms with Crippen molar-refractivity contribution in [2.24, 2.45) is 5.92 Å². The van der Waals surface area contributed by atoms with Gasteiger partial charge in [0, 0.05) is 50.2 Å². The third-order valence-corrected chi connectivity index (χ3v) is 6.17. The highest BCUT2D eigenvalue weighted by molar-refractivity contribution is 5.94. The first-order valence-electron chi connectivity index (χ1n) is 11.1. The zero-order valence-electron chi connectivity index (χ0n) is 18.2. The van der Waals surface area contributed by atoms with E-state index in [0.29, 0.717) is 19.5 Å². The van der Waals surface area contributed by atoms with Crippen molar-refractivity contribution in [1.29, 1.82) is 0 Å². The maximum atomic E-state index is 12.9. The molecule has 1 saturated heterocycles. The molecule has 1 aliphatic carbocycles. The first kappa shape index (κ1) is 22.4. The van der Waals surface area contributed by atoms with Crippen LogP contribution in [-0.4, -0.2) is 52.3 Å². The zero-order chi connectivity index (χ0) is 23.4. The zero-order valence-corrected chi connectivity index (χ0v) is 18.2. The summed E-state index contributed by atoms with van der Waals surface area (Å²) >= 11 is 0. The lowest BCUT2D eigenvalue weighted by molar-refractivity contribution is -0.384. The molecular weight excluding hydrogens is 424 g/mol. The number of nitrogens with one attached hydrogen (secondary N) is 1. The van der Waals surface area contributed by atoms with Gasteiger partial charge in [-0.15, -0.1) is 0 Å². The number of hydrogen-bond donors (Lipinski definition) is 1. The number of nitro groups is 1. The minimum absolute atomic E-state index is 0.0337. The van der Waals surface area contributed by atoms with Gasteiger partial charge in [-0.05, 0) is 48.4 Å². The molecule has 0 aromatic heterocycles.